The largest absolute Gasteiger partial charge is 0.501 e. The van der Waals surface area contributed by atoms with Crippen molar-refractivity contribution >= 4 is 5.57 Å². The van der Waals surface area contributed by atoms with Gasteiger partial charge in [-0.25, -0.2) is 4.39 Å². The summed E-state index contributed by atoms with van der Waals surface area (Å²) < 4.78 is 18.2. The van der Waals surface area contributed by atoms with Crippen LogP contribution in [0.3, 0.4) is 0 Å². The molecule has 0 unspecified atom stereocenters. The number of allylic oxidation sites excluding steroid dienone is 5. The van der Waals surface area contributed by atoms with E-state index >= 15 is 0 Å². The van der Waals surface area contributed by atoms with Gasteiger partial charge in [0.15, 0.2) is 0 Å². The molecule has 0 fully saturated rings. The smallest absolute Gasteiger partial charge is 0.123 e. The summed E-state index contributed by atoms with van der Waals surface area (Å²) in [4.78, 5) is 0. The average Bonchev–Trinajstić information content (AvgIpc) is 2.40. The third-order valence-electron chi connectivity index (χ3n) is 3.11. The molecule has 0 aliphatic rings. The lowest BCUT2D eigenvalue weighted by Gasteiger charge is -2.13. The summed E-state index contributed by atoms with van der Waals surface area (Å²) in [6.45, 7) is 10.2. The zero-order chi connectivity index (χ0) is 14.4. The van der Waals surface area contributed by atoms with E-state index in [-0.39, 0.29) is 5.82 Å². The van der Waals surface area contributed by atoms with Gasteiger partial charge in [-0.2, -0.15) is 0 Å². The van der Waals surface area contributed by atoms with Gasteiger partial charge in [-0.05, 0) is 55.2 Å². The summed E-state index contributed by atoms with van der Waals surface area (Å²) in [6, 6.07) is 6.51. The minimum absolute atomic E-state index is 0.230. The Morgan fingerprint density at radius 3 is 2.32 bits per heavy atom. The van der Waals surface area contributed by atoms with E-state index in [2.05, 4.69) is 20.4 Å². The van der Waals surface area contributed by atoms with Crippen LogP contribution in [0.1, 0.15) is 32.8 Å². The molecule has 0 saturated heterocycles. The molecular formula is C17H21FO. The Kier molecular flexibility index (Phi) is 5.56. The highest BCUT2D eigenvalue weighted by Crippen LogP contribution is 2.29. The zero-order valence-electron chi connectivity index (χ0n) is 12.1. The summed E-state index contributed by atoms with van der Waals surface area (Å²) >= 11 is 0. The number of ether oxygens (including phenoxy) is 1. The normalized spacial score (nSPS) is 13.0. The molecule has 0 amide bonds. The molecule has 19 heavy (non-hydrogen) atoms. The third-order valence-corrected chi connectivity index (χ3v) is 3.11. The Bertz CT molecular complexity index is 507. The monoisotopic (exact) mass is 260 g/mol. The van der Waals surface area contributed by atoms with Crippen molar-refractivity contribution in [2.45, 2.75) is 27.2 Å². The van der Waals surface area contributed by atoms with Gasteiger partial charge < -0.3 is 4.74 Å². The van der Waals surface area contributed by atoms with Crippen LogP contribution in [-0.4, -0.2) is 7.11 Å². The maximum Gasteiger partial charge on any atom is 0.123 e. The van der Waals surface area contributed by atoms with E-state index in [0.717, 1.165) is 28.9 Å². The third kappa shape index (κ3) is 4.09. The number of benzene rings is 1. The van der Waals surface area contributed by atoms with Gasteiger partial charge in [0, 0.05) is 0 Å². The Labute approximate surface area is 115 Å². The van der Waals surface area contributed by atoms with Crippen molar-refractivity contribution in [2.24, 2.45) is 0 Å². The van der Waals surface area contributed by atoms with Crippen molar-refractivity contribution in [1.29, 1.82) is 0 Å². The molecule has 1 nitrogen and oxygen atoms in total. The van der Waals surface area contributed by atoms with E-state index in [1.165, 1.54) is 17.7 Å². The van der Waals surface area contributed by atoms with Gasteiger partial charge in [0.25, 0.3) is 0 Å². The molecule has 1 aromatic carbocycles. The predicted octanol–water partition coefficient (Wildman–Crippen LogP) is 5.12. The minimum Gasteiger partial charge on any atom is -0.501 e. The molecular weight excluding hydrogens is 239 g/mol. The van der Waals surface area contributed by atoms with Crippen molar-refractivity contribution in [3.63, 3.8) is 0 Å². The van der Waals surface area contributed by atoms with E-state index in [1.807, 2.05) is 13.0 Å². The van der Waals surface area contributed by atoms with Gasteiger partial charge >= 0.3 is 0 Å². The molecule has 0 aromatic heterocycles. The van der Waals surface area contributed by atoms with Gasteiger partial charge in [0.05, 0.1) is 12.9 Å². The molecule has 0 radical (unpaired) electrons. The molecule has 102 valence electrons. The Hall–Kier alpha value is -1.83. The second-order valence-corrected chi connectivity index (χ2v) is 4.50. The Morgan fingerprint density at radius 1 is 1.26 bits per heavy atom. The van der Waals surface area contributed by atoms with Crippen molar-refractivity contribution in [3.05, 3.63) is 65.2 Å². The summed E-state index contributed by atoms with van der Waals surface area (Å²) in [6.07, 6.45) is 2.82. The van der Waals surface area contributed by atoms with Gasteiger partial charge in [0.2, 0.25) is 0 Å². The van der Waals surface area contributed by atoms with E-state index < -0.39 is 0 Å². The Balaban J connectivity index is 3.25. The highest BCUT2D eigenvalue weighted by Gasteiger charge is 2.08. The quantitative estimate of drug-likeness (QED) is 0.527. The summed E-state index contributed by atoms with van der Waals surface area (Å²) in [5, 5.41) is 0. The fourth-order valence-electron chi connectivity index (χ4n) is 1.88. The number of rotatable bonds is 5. The van der Waals surface area contributed by atoms with Gasteiger partial charge in [-0.3, -0.25) is 0 Å². The number of methoxy groups -OCH3 is 1. The van der Waals surface area contributed by atoms with Crippen LogP contribution in [0.5, 0.6) is 0 Å². The molecule has 0 aliphatic carbocycles. The molecule has 0 atom stereocenters. The highest BCUT2D eigenvalue weighted by atomic mass is 19.1. The first-order chi connectivity index (χ1) is 8.99. The van der Waals surface area contributed by atoms with Crippen LogP contribution in [0, 0.1) is 5.82 Å². The highest BCUT2D eigenvalue weighted by molar-refractivity contribution is 5.83. The second-order valence-electron chi connectivity index (χ2n) is 4.50. The topological polar surface area (TPSA) is 9.23 Å². The predicted molar refractivity (Wildman–Crippen MR) is 79.2 cm³/mol. The van der Waals surface area contributed by atoms with Crippen LogP contribution in [0.15, 0.2) is 53.8 Å². The van der Waals surface area contributed by atoms with Crippen molar-refractivity contribution in [1.82, 2.24) is 0 Å². The van der Waals surface area contributed by atoms with Crippen molar-refractivity contribution in [2.75, 3.05) is 7.11 Å². The number of halogens is 1. The molecule has 0 heterocycles. The minimum atomic E-state index is -0.230. The van der Waals surface area contributed by atoms with Gasteiger partial charge in [0.1, 0.15) is 5.82 Å². The van der Waals surface area contributed by atoms with Crippen LogP contribution in [-0.2, 0) is 4.74 Å². The van der Waals surface area contributed by atoms with Crippen LogP contribution < -0.4 is 0 Å². The zero-order valence-corrected chi connectivity index (χ0v) is 12.1. The average molecular weight is 260 g/mol. The Morgan fingerprint density at radius 2 is 1.84 bits per heavy atom. The number of hydrogen-bond donors (Lipinski definition) is 0. The molecule has 1 rings (SSSR count). The van der Waals surface area contributed by atoms with E-state index in [9.17, 15) is 4.39 Å². The molecule has 0 aliphatic heterocycles. The van der Waals surface area contributed by atoms with Crippen LogP contribution >= 0.6 is 0 Å². The standard InChI is InChI=1S/C17H21FO/c1-6-12(2)17(13(3)11-14(4)19-5)15-7-9-16(18)10-8-15/h7-11H,3,6H2,1-2,4-5H3/b14-11+,17-12-. The van der Waals surface area contributed by atoms with Crippen LogP contribution in [0.2, 0.25) is 0 Å². The first kappa shape index (κ1) is 15.2. The molecule has 0 N–H and O–H groups in total. The second kappa shape index (κ2) is 6.93. The summed E-state index contributed by atoms with van der Waals surface area (Å²) in [5.41, 5.74) is 4.13. The summed E-state index contributed by atoms with van der Waals surface area (Å²) in [7, 11) is 1.63. The van der Waals surface area contributed by atoms with Gasteiger partial charge in [-0.1, -0.05) is 31.2 Å². The van der Waals surface area contributed by atoms with Crippen LogP contribution in [0.25, 0.3) is 5.57 Å². The fourth-order valence-corrected chi connectivity index (χ4v) is 1.88. The summed E-state index contributed by atoms with van der Waals surface area (Å²) in [5.74, 6) is 0.569. The fraction of sp³-hybridized carbons (Fsp3) is 0.294. The SMILES string of the molecule is C=C(/C=C(\C)OC)/C(=C(\C)CC)c1ccc(F)cc1. The molecule has 2 heteroatoms. The first-order valence-electron chi connectivity index (χ1n) is 6.36. The first-order valence-corrected chi connectivity index (χ1v) is 6.36. The van der Waals surface area contributed by atoms with E-state index in [0.29, 0.717) is 0 Å². The van der Waals surface area contributed by atoms with E-state index in [1.54, 1.807) is 19.2 Å². The lowest BCUT2D eigenvalue weighted by atomic mass is 9.93. The lowest BCUT2D eigenvalue weighted by Crippen LogP contribution is -1.93. The van der Waals surface area contributed by atoms with Crippen LogP contribution in [0.4, 0.5) is 4.39 Å². The van der Waals surface area contributed by atoms with Crippen molar-refractivity contribution in [3.8, 4) is 0 Å². The molecule has 0 spiro atoms. The molecule has 0 bridgehead atoms. The number of hydrogen-bond acceptors (Lipinski definition) is 1. The lowest BCUT2D eigenvalue weighted by molar-refractivity contribution is 0.293. The van der Waals surface area contributed by atoms with E-state index in [4.69, 9.17) is 4.74 Å². The van der Waals surface area contributed by atoms with Crippen molar-refractivity contribution < 1.29 is 9.13 Å². The maximum absolute atomic E-state index is 13.0. The molecule has 0 saturated carbocycles. The van der Waals surface area contributed by atoms with Gasteiger partial charge in [-0.15, -0.1) is 0 Å². The molecule has 1 aromatic rings. The maximum atomic E-state index is 13.0.